The molecule has 0 bridgehead atoms. The van der Waals surface area contributed by atoms with Crippen molar-refractivity contribution in [3.8, 4) is 0 Å². The summed E-state index contributed by atoms with van der Waals surface area (Å²) < 4.78 is 7.22. The monoisotopic (exact) mass is 409 g/mol. The average Bonchev–Trinajstić information content (AvgIpc) is 3.27. The number of benzene rings is 1. The van der Waals surface area contributed by atoms with E-state index in [0.717, 1.165) is 44.3 Å². The zero-order valence-electron chi connectivity index (χ0n) is 17.1. The molecule has 1 aromatic heterocycles. The van der Waals surface area contributed by atoms with Crippen LogP contribution in [0.3, 0.4) is 0 Å². The lowest BCUT2D eigenvalue weighted by Crippen LogP contribution is -2.51. The van der Waals surface area contributed by atoms with Crippen molar-refractivity contribution in [3.63, 3.8) is 0 Å². The molecular weight excluding hydrogens is 382 g/mol. The number of piperidine rings is 1. The van der Waals surface area contributed by atoms with E-state index in [0.29, 0.717) is 32.0 Å². The molecule has 0 radical (unpaired) electrons. The number of likely N-dealkylation sites (tertiary alicyclic amines) is 1. The number of carbonyl (C=O) groups is 2. The molecule has 3 fully saturated rings. The Labute approximate surface area is 175 Å². The Morgan fingerprint density at radius 1 is 0.933 bits per heavy atom. The summed E-state index contributed by atoms with van der Waals surface area (Å²) >= 11 is 0. The molecule has 0 N–H and O–H groups in total. The molecule has 1 aliphatic carbocycles. The number of hydrogen-bond acceptors (Lipinski definition) is 5. The van der Waals surface area contributed by atoms with Crippen molar-refractivity contribution in [2.24, 2.45) is 5.41 Å². The van der Waals surface area contributed by atoms with Crippen molar-refractivity contribution in [1.82, 2.24) is 24.8 Å². The number of carbonyl (C=O) groups excluding carboxylic acids is 2. The van der Waals surface area contributed by atoms with E-state index in [1.807, 2.05) is 46.1 Å². The van der Waals surface area contributed by atoms with Gasteiger partial charge in [0.05, 0.1) is 25.5 Å². The van der Waals surface area contributed by atoms with Crippen LogP contribution in [0.15, 0.2) is 36.5 Å². The lowest BCUT2D eigenvalue weighted by molar-refractivity contribution is -0.0268. The minimum atomic E-state index is -0.0683. The lowest BCUT2D eigenvalue weighted by atomic mass is 9.59. The first-order valence-electron chi connectivity index (χ1n) is 10.8. The molecule has 1 saturated carbocycles. The zero-order valence-corrected chi connectivity index (χ0v) is 17.1. The lowest BCUT2D eigenvalue weighted by Gasteiger charge is -2.53. The molecule has 158 valence electrons. The van der Waals surface area contributed by atoms with Crippen LogP contribution >= 0.6 is 0 Å². The van der Waals surface area contributed by atoms with Gasteiger partial charge in [0.15, 0.2) is 5.69 Å². The molecular formula is C22H27N5O3. The van der Waals surface area contributed by atoms with Crippen LogP contribution in [0.5, 0.6) is 0 Å². The van der Waals surface area contributed by atoms with Gasteiger partial charge in [-0.25, -0.2) is 4.68 Å². The molecule has 8 heteroatoms. The number of nitrogens with zero attached hydrogens (tertiary/aromatic N) is 5. The van der Waals surface area contributed by atoms with Gasteiger partial charge >= 0.3 is 0 Å². The molecule has 3 aliphatic rings. The predicted molar refractivity (Wildman–Crippen MR) is 109 cm³/mol. The van der Waals surface area contributed by atoms with Gasteiger partial charge in [0.25, 0.3) is 11.8 Å². The Hall–Kier alpha value is -2.74. The first-order chi connectivity index (χ1) is 14.7. The van der Waals surface area contributed by atoms with Crippen LogP contribution in [0.4, 0.5) is 0 Å². The smallest absolute Gasteiger partial charge is 0.276 e. The van der Waals surface area contributed by atoms with Crippen LogP contribution in [0.1, 0.15) is 52.6 Å². The van der Waals surface area contributed by atoms with Crippen molar-refractivity contribution >= 4 is 11.8 Å². The highest BCUT2D eigenvalue weighted by molar-refractivity contribution is 5.94. The highest BCUT2D eigenvalue weighted by Crippen LogP contribution is 2.56. The fourth-order valence-corrected chi connectivity index (χ4v) is 5.05. The van der Waals surface area contributed by atoms with E-state index in [9.17, 15) is 9.59 Å². The van der Waals surface area contributed by atoms with Crippen molar-refractivity contribution in [2.45, 2.75) is 31.7 Å². The molecule has 1 spiro atoms. The second-order valence-corrected chi connectivity index (χ2v) is 8.56. The average molecular weight is 409 g/mol. The van der Waals surface area contributed by atoms with Gasteiger partial charge in [-0.3, -0.25) is 9.59 Å². The van der Waals surface area contributed by atoms with Crippen molar-refractivity contribution in [3.05, 3.63) is 47.8 Å². The maximum Gasteiger partial charge on any atom is 0.276 e. The van der Waals surface area contributed by atoms with E-state index in [-0.39, 0.29) is 23.3 Å². The van der Waals surface area contributed by atoms with Crippen LogP contribution in [-0.4, -0.2) is 76.0 Å². The van der Waals surface area contributed by atoms with Crippen LogP contribution < -0.4 is 0 Å². The van der Waals surface area contributed by atoms with Crippen LogP contribution in [-0.2, 0) is 4.74 Å². The molecule has 2 saturated heterocycles. The molecule has 2 aromatic rings. The zero-order chi connectivity index (χ0) is 20.6. The minimum Gasteiger partial charge on any atom is -0.378 e. The van der Waals surface area contributed by atoms with Gasteiger partial charge in [0.2, 0.25) is 0 Å². The van der Waals surface area contributed by atoms with Gasteiger partial charge < -0.3 is 14.5 Å². The van der Waals surface area contributed by atoms with Crippen molar-refractivity contribution in [1.29, 1.82) is 0 Å². The summed E-state index contributed by atoms with van der Waals surface area (Å²) in [5, 5.41) is 8.48. The predicted octanol–water partition coefficient (Wildman–Crippen LogP) is 2.01. The first-order valence-corrected chi connectivity index (χ1v) is 10.8. The van der Waals surface area contributed by atoms with E-state index in [1.54, 1.807) is 4.90 Å². The Bertz CT molecular complexity index is 914. The van der Waals surface area contributed by atoms with Gasteiger partial charge in [-0.2, -0.15) is 0 Å². The molecule has 8 nitrogen and oxygen atoms in total. The fraction of sp³-hybridized carbons (Fsp3) is 0.545. The molecule has 5 rings (SSSR count). The summed E-state index contributed by atoms with van der Waals surface area (Å²) in [5.74, 6) is 0.0432. The number of aromatic nitrogens is 3. The molecule has 1 atom stereocenters. The molecule has 2 aliphatic heterocycles. The van der Waals surface area contributed by atoms with Crippen LogP contribution in [0.25, 0.3) is 0 Å². The number of rotatable bonds is 3. The second kappa shape index (κ2) is 7.83. The number of ether oxygens (including phenoxy) is 1. The topological polar surface area (TPSA) is 80.6 Å². The van der Waals surface area contributed by atoms with Gasteiger partial charge in [-0.05, 0) is 43.2 Å². The van der Waals surface area contributed by atoms with E-state index in [1.165, 1.54) is 0 Å². The third-order valence-electron chi connectivity index (χ3n) is 7.04. The highest BCUT2D eigenvalue weighted by atomic mass is 16.5. The normalized spacial score (nSPS) is 23.3. The number of morpholine rings is 1. The molecule has 3 heterocycles. The Morgan fingerprint density at radius 2 is 1.63 bits per heavy atom. The highest BCUT2D eigenvalue weighted by Gasteiger charge is 2.50. The molecule has 2 amide bonds. The van der Waals surface area contributed by atoms with Gasteiger partial charge in [-0.15, -0.1) is 5.10 Å². The van der Waals surface area contributed by atoms with E-state index < -0.39 is 0 Å². The third kappa shape index (κ3) is 3.39. The summed E-state index contributed by atoms with van der Waals surface area (Å²) in [6.45, 7) is 3.87. The van der Waals surface area contributed by atoms with Crippen molar-refractivity contribution < 1.29 is 14.3 Å². The van der Waals surface area contributed by atoms with E-state index in [4.69, 9.17) is 4.74 Å². The standard InChI is InChI=1S/C22H27N5O3/c28-20(17-4-2-1-3-5-17)25-10-8-22(9-11-25)7-6-19(22)27-16-18(23-24-27)21(29)26-12-14-30-15-13-26/h1-5,16,19H,6-15H2. The van der Waals surface area contributed by atoms with Crippen LogP contribution in [0.2, 0.25) is 0 Å². The maximum absolute atomic E-state index is 12.7. The largest absolute Gasteiger partial charge is 0.378 e. The first kappa shape index (κ1) is 19.2. The third-order valence-corrected chi connectivity index (χ3v) is 7.04. The SMILES string of the molecule is O=C(c1ccccc1)N1CCC2(CCC2n2cc(C(=O)N3CCOCC3)nn2)CC1. The Morgan fingerprint density at radius 3 is 2.30 bits per heavy atom. The number of amides is 2. The summed E-state index contributed by atoms with van der Waals surface area (Å²) in [6.07, 6.45) is 5.91. The van der Waals surface area contributed by atoms with E-state index in [2.05, 4.69) is 10.3 Å². The van der Waals surface area contributed by atoms with E-state index >= 15 is 0 Å². The second-order valence-electron chi connectivity index (χ2n) is 8.56. The Kier molecular flexibility index (Phi) is 5.02. The van der Waals surface area contributed by atoms with Gasteiger partial charge in [-0.1, -0.05) is 23.4 Å². The maximum atomic E-state index is 12.7. The molecule has 1 aromatic carbocycles. The fourth-order valence-electron chi connectivity index (χ4n) is 5.05. The van der Waals surface area contributed by atoms with Crippen molar-refractivity contribution in [2.75, 3.05) is 39.4 Å². The Balaban J connectivity index is 1.23. The van der Waals surface area contributed by atoms with Gasteiger partial charge in [0.1, 0.15) is 0 Å². The summed E-state index contributed by atoms with van der Waals surface area (Å²) in [5.41, 5.74) is 1.32. The quantitative estimate of drug-likeness (QED) is 0.775. The van der Waals surface area contributed by atoms with Gasteiger partial charge in [0, 0.05) is 31.7 Å². The summed E-state index contributed by atoms with van der Waals surface area (Å²) in [7, 11) is 0. The summed E-state index contributed by atoms with van der Waals surface area (Å²) in [6, 6.07) is 9.74. The van der Waals surface area contributed by atoms with Crippen LogP contribution in [0, 0.1) is 5.41 Å². The molecule has 1 unspecified atom stereocenters. The molecule has 30 heavy (non-hydrogen) atoms. The summed E-state index contributed by atoms with van der Waals surface area (Å²) in [4.78, 5) is 29.2. The number of hydrogen-bond donors (Lipinski definition) is 0. The minimum absolute atomic E-state index is 0.0683.